The van der Waals surface area contributed by atoms with Gasteiger partial charge in [-0.1, -0.05) is 0 Å². The quantitative estimate of drug-likeness (QED) is 0.272. The second-order valence-corrected chi connectivity index (χ2v) is 4.55. The smallest absolute Gasteiger partial charge is 0.115 e. The van der Waals surface area contributed by atoms with Crippen LogP contribution in [0.3, 0.4) is 0 Å². The first-order valence-corrected chi connectivity index (χ1v) is 6.81. The van der Waals surface area contributed by atoms with Crippen molar-refractivity contribution < 1.29 is 30.6 Å². The molecule has 0 heterocycles. The summed E-state index contributed by atoms with van der Waals surface area (Å²) in [5.41, 5.74) is 0. The number of phenolic OH excluding ortho intramolecular Hbond substituents is 6. The Morgan fingerprint density at radius 1 is 0.280 bits per heavy atom. The first-order chi connectivity index (χ1) is 11.4. The van der Waals surface area contributed by atoms with E-state index in [-0.39, 0.29) is 51.9 Å². The van der Waals surface area contributed by atoms with E-state index in [1.54, 1.807) is 0 Å². The third-order valence-electron chi connectivity index (χ3n) is 2.55. The minimum Gasteiger partial charge on any atom is -0.508 e. The van der Waals surface area contributed by atoms with Crippen molar-refractivity contribution in [3.63, 3.8) is 0 Å². The van der Waals surface area contributed by atoms with Gasteiger partial charge in [0.25, 0.3) is 0 Å². The van der Waals surface area contributed by atoms with Gasteiger partial charge in [-0.3, -0.25) is 0 Å². The van der Waals surface area contributed by atoms with E-state index >= 15 is 0 Å². The second-order valence-electron chi connectivity index (χ2n) is 4.55. The first kappa shape index (κ1) is 22.0. The lowest BCUT2D eigenvalue weighted by molar-refractivity contribution is 0.460. The number of hydrogen-bond acceptors (Lipinski definition) is 6. The molecule has 6 N–H and O–H groups in total. The average Bonchev–Trinajstić information content (AvgIpc) is 2.57. The van der Waals surface area contributed by atoms with E-state index in [4.69, 9.17) is 30.6 Å². The summed E-state index contributed by atoms with van der Waals surface area (Å²) in [7, 11) is 0. The fourth-order valence-corrected chi connectivity index (χ4v) is 1.36. The Bertz CT molecular complexity index is 546. The van der Waals surface area contributed by atoms with Crippen LogP contribution in [0.4, 0.5) is 0 Å². The first-order valence-electron chi connectivity index (χ1n) is 6.81. The van der Waals surface area contributed by atoms with E-state index in [1.807, 2.05) is 0 Å². The third kappa shape index (κ3) is 10.4. The molecule has 0 saturated heterocycles. The zero-order valence-electron chi connectivity index (χ0n) is 13.2. The third-order valence-corrected chi connectivity index (χ3v) is 2.55. The molecule has 129 valence electrons. The van der Waals surface area contributed by atoms with Gasteiger partial charge in [-0.05, 0) is 72.8 Å². The minimum atomic E-state index is 0. The molecule has 3 aromatic carbocycles. The Morgan fingerprint density at radius 3 is 0.440 bits per heavy atom. The van der Waals surface area contributed by atoms with E-state index in [2.05, 4.69) is 0 Å². The molecule has 0 saturated carbocycles. The minimum absolute atomic E-state index is 0. The molecular formula is C18H18AlO6. The predicted molar refractivity (Wildman–Crippen MR) is 95.1 cm³/mol. The van der Waals surface area contributed by atoms with Crippen molar-refractivity contribution >= 4 is 17.4 Å². The van der Waals surface area contributed by atoms with Gasteiger partial charge >= 0.3 is 0 Å². The maximum atomic E-state index is 8.65. The van der Waals surface area contributed by atoms with Crippen molar-refractivity contribution in [1.82, 2.24) is 0 Å². The van der Waals surface area contributed by atoms with Crippen LogP contribution in [0.2, 0.25) is 0 Å². The summed E-state index contributed by atoms with van der Waals surface area (Å²) in [6.45, 7) is 0. The second kappa shape index (κ2) is 11.5. The van der Waals surface area contributed by atoms with Gasteiger partial charge in [0.1, 0.15) is 34.5 Å². The number of aromatic hydroxyl groups is 6. The molecule has 0 aliphatic heterocycles. The molecular weight excluding hydrogens is 339 g/mol. The van der Waals surface area contributed by atoms with Crippen molar-refractivity contribution in [2.24, 2.45) is 0 Å². The molecule has 0 aromatic heterocycles. The largest absolute Gasteiger partial charge is 0.508 e. The van der Waals surface area contributed by atoms with E-state index < -0.39 is 0 Å². The Balaban J connectivity index is 0.000000339. The summed E-state index contributed by atoms with van der Waals surface area (Å²) in [6, 6.07) is 17.1. The van der Waals surface area contributed by atoms with Crippen LogP contribution in [0, 0.1) is 0 Å². The van der Waals surface area contributed by atoms with Gasteiger partial charge in [0.15, 0.2) is 0 Å². The van der Waals surface area contributed by atoms with Crippen LogP contribution in [0.25, 0.3) is 0 Å². The lowest BCUT2D eigenvalue weighted by Crippen LogP contribution is -1.61. The van der Waals surface area contributed by atoms with Crippen LogP contribution < -0.4 is 0 Å². The maximum Gasteiger partial charge on any atom is 0.115 e. The van der Waals surface area contributed by atoms with Gasteiger partial charge < -0.3 is 30.6 Å². The van der Waals surface area contributed by atoms with E-state index in [0.717, 1.165) is 0 Å². The van der Waals surface area contributed by atoms with Crippen molar-refractivity contribution in [3.05, 3.63) is 72.8 Å². The Kier molecular flexibility index (Phi) is 10.1. The summed E-state index contributed by atoms with van der Waals surface area (Å²) in [5.74, 6) is 1.02. The highest BCUT2D eigenvalue weighted by Crippen LogP contribution is 2.14. The molecule has 0 spiro atoms. The molecule has 3 rings (SSSR count). The summed E-state index contributed by atoms with van der Waals surface area (Å²) in [6.07, 6.45) is 0. The van der Waals surface area contributed by atoms with Gasteiger partial charge in [0, 0.05) is 17.4 Å². The van der Waals surface area contributed by atoms with Gasteiger partial charge in [-0.25, -0.2) is 0 Å². The highest BCUT2D eigenvalue weighted by atomic mass is 27.0. The van der Waals surface area contributed by atoms with Gasteiger partial charge in [-0.15, -0.1) is 0 Å². The number of hydrogen-bond donors (Lipinski definition) is 6. The molecule has 3 aromatic rings. The van der Waals surface area contributed by atoms with Crippen molar-refractivity contribution in [3.8, 4) is 34.5 Å². The number of phenols is 6. The lowest BCUT2D eigenvalue weighted by Gasteiger charge is -1.88. The SMILES string of the molecule is Oc1ccc(O)cc1.Oc1ccc(O)cc1.Oc1ccc(O)cc1.[Al]. The normalized spacial score (nSPS) is 8.64. The van der Waals surface area contributed by atoms with Gasteiger partial charge in [0.05, 0.1) is 0 Å². The highest BCUT2D eigenvalue weighted by Gasteiger charge is 1.85. The van der Waals surface area contributed by atoms with E-state index in [1.165, 1.54) is 72.8 Å². The monoisotopic (exact) mass is 357 g/mol. The molecule has 3 radical (unpaired) electrons. The summed E-state index contributed by atoms with van der Waals surface area (Å²) in [4.78, 5) is 0. The fraction of sp³-hybridized carbons (Fsp3) is 0. The zero-order valence-corrected chi connectivity index (χ0v) is 14.3. The number of rotatable bonds is 0. The molecule has 0 atom stereocenters. The standard InChI is InChI=1S/3C6H6O2.Al/c3*7-5-1-2-6(8)4-3-5;/h3*1-4,7-8H;. The van der Waals surface area contributed by atoms with Crippen LogP contribution in [0.1, 0.15) is 0 Å². The predicted octanol–water partition coefficient (Wildman–Crippen LogP) is 2.91. The Labute approximate surface area is 155 Å². The topological polar surface area (TPSA) is 121 Å². The molecule has 0 aliphatic carbocycles. The number of benzene rings is 3. The maximum absolute atomic E-state index is 8.65. The zero-order chi connectivity index (χ0) is 17.9. The van der Waals surface area contributed by atoms with E-state index in [9.17, 15) is 0 Å². The Morgan fingerprint density at radius 2 is 0.360 bits per heavy atom. The molecule has 0 fully saturated rings. The molecule has 0 bridgehead atoms. The van der Waals surface area contributed by atoms with Crippen molar-refractivity contribution in [2.75, 3.05) is 0 Å². The average molecular weight is 357 g/mol. The molecule has 0 aliphatic rings. The van der Waals surface area contributed by atoms with Crippen LogP contribution in [0.15, 0.2) is 72.8 Å². The van der Waals surface area contributed by atoms with Gasteiger partial charge in [0.2, 0.25) is 0 Å². The van der Waals surface area contributed by atoms with Crippen molar-refractivity contribution in [2.45, 2.75) is 0 Å². The lowest BCUT2D eigenvalue weighted by atomic mass is 10.3. The summed E-state index contributed by atoms with van der Waals surface area (Å²) in [5, 5.41) is 51.9. The highest BCUT2D eigenvalue weighted by molar-refractivity contribution is 5.75. The Hall–Kier alpha value is -3.01. The molecule has 6 nitrogen and oxygen atoms in total. The van der Waals surface area contributed by atoms with Crippen LogP contribution in [-0.4, -0.2) is 48.0 Å². The molecule has 0 unspecified atom stereocenters. The molecule has 25 heavy (non-hydrogen) atoms. The summed E-state index contributed by atoms with van der Waals surface area (Å²) >= 11 is 0. The van der Waals surface area contributed by atoms with Crippen molar-refractivity contribution in [1.29, 1.82) is 0 Å². The van der Waals surface area contributed by atoms with Crippen LogP contribution in [0.5, 0.6) is 34.5 Å². The molecule has 7 heteroatoms. The molecule has 0 amide bonds. The summed E-state index contributed by atoms with van der Waals surface area (Å²) < 4.78 is 0. The van der Waals surface area contributed by atoms with Gasteiger partial charge in [-0.2, -0.15) is 0 Å². The fourth-order valence-electron chi connectivity index (χ4n) is 1.36. The van der Waals surface area contributed by atoms with Crippen LogP contribution >= 0.6 is 0 Å². The van der Waals surface area contributed by atoms with Crippen LogP contribution in [-0.2, 0) is 0 Å². The van der Waals surface area contributed by atoms with E-state index in [0.29, 0.717) is 0 Å².